The third-order valence-electron chi connectivity index (χ3n) is 2.51. The van der Waals surface area contributed by atoms with Crippen LogP contribution in [-0.4, -0.2) is 18.3 Å². The lowest BCUT2D eigenvalue weighted by molar-refractivity contribution is 0.282. The molecular weight excluding hydrogens is 206 g/mol. The molecule has 1 atom stereocenters. The van der Waals surface area contributed by atoms with E-state index in [1.807, 2.05) is 11.3 Å². The van der Waals surface area contributed by atoms with E-state index in [0.29, 0.717) is 12.6 Å². The normalized spacial score (nSPS) is 12.9. The van der Waals surface area contributed by atoms with E-state index in [2.05, 4.69) is 29.8 Å². The van der Waals surface area contributed by atoms with Crippen molar-refractivity contribution in [3.63, 3.8) is 0 Å². The van der Waals surface area contributed by atoms with Crippen molar-refractivity contribution in [2.45, 2.75) is 38.6 Å². The highest BCUT2D eigenvalue weighted by atomic mass is 32.1. The summed E-state index contributed by atoms with van der Waals surface area (Å²) in [6.45, 7) is 3.61. The summed E-state index contributed by atoms with van der Waals surface area (Å²) in [5.41, 5.74) is 0. The van der Waals surface area contributed by atoms with E-state index in [1.165, 1.54) is 17.7 Å². The highest BCUT2D eigenvalue weighted by molar-refractivity contribution is 7.10. The minimum Gasteiger partial charge on any atom is -0.396 e. The van der Waals surface area contributed by atoms with Gasteiger partial charge in [0, 0.05) is 17.5 Å². The smallest absolute Gasteiger partial charge is 0.0431 e. The van der Waals surface area contributed by atoms with E-state index in [0.717, 1.165) is 19.4 Å². The first kappa shape index (κ1) is 12.7. The van der Waals surface area contributed by atoms with Gasteiger partial charge < -0.3 is 10.4 Å². The van der Waals surface area contributed by atoms with E-state index in [-0.39, 0.29) is 0 Å². The number of unbranched alkanes of at least 4 members (excludes halogenated alkanes) is 3. The molecule has 0 unspecified atom stereocenters. The Morgan fingerprint density at radius 2 is 2.13 bits per heavy atom. The maximum atomic E-state index is 8.62. The molecule has 1 aromatic heterocycles. The lowest BCUT2D eigenvalue weighted by Gasteiger charge is -2.11. The number of aliphatic hydroxyl groups excluding tert-OH is 1. The Bertz CT molecular complexity index is 236. The molecule has 0 saturated carbocycles. The average Bonchev–Trinajstić information content (AvgIpc) is 2.76. The maximum Gasteiger partial charge on any atom is 0.0431 e. The molecule has 1 aromatic rings. The Morgan fingerprint density at radius 3 is 2.80 bits per heavy atom. The van der Waals surface area contributed by atoms with Crippen LogP contribution in [0.2, 0.25) is 0 Å². The van der Waals surface area contributed by atoms with Crippen LogP contribution in [0.4, 0.5) is 0 Å². The minimum absolute atomic E-state index is 0.332. The van der Waals surface area contributed by atoms with Crippen molar-refractivity contribution in [3.8, 4) is 0 Å². The van der Waals surface area contributed by atoms with Crippen molar-refractivity contribution in [2.24, 2.45) is 0 Å². The topological polar surface area (TPSA) is 32.3 Å². The van der Waals surface area contributed by atoms with E-state index >= 15 is 0 Å². The van der Waals surface area contributed by atoms with Crippen LogP contribution in [0.1, 0.15) is 43.5 Å². The Hall–Kier alpha value is -0.380. The second-order valence-electron chi connectivity index (χ2n) is 3.83. The Kier molecular flexibility index (Phi) is 6.64. The second-order valence-corrected chi connectivity index (χ2v) is 4.81. The van der Waals surface area contributed by atoms with Gasteiger partial charge in [0.2, 0.25) is 0 Å². The first-order chi connectivity index (χ1) is 7.34. The molecule has 0 aliphatic carbocycles. The van der Waals surface area contributed by atoms with Crippen molar-refractivity contribution in [3.05, 3.63) is 22.4 Å². The third kappa shape index (κ3) is 5.30. The molecule has 3 heteroatoms. The van der Waals surface area contributed by atoms with Crippen LogP contribution in [0.25, 0.3) is 0 Å². The number of aliphatic hydroxyl groups is 1. The van der Waals surface area contributed by atoms with Gasteiger partial charge in [-0.25, -0.2) is 0 Å². The molecule has 1 rings (SSSR count). The number of thiophene rings is 1. The van der Waals surface area contributed by atoms with Crippen LogP contribution < -0.4 is 5.32 Å². The van der Waals surface area contributed by atoms with Crippen LogP contribution in [0.15, 0.2) is 17.5 Å². The number of hydrogen-bond donors (Lipinski definition) is 2. The summed E-state index contributed by atoms with van der Waals surface area (Å²) in [6.07, 6.45) is 4.51. The average molecular weight is 227 g/mol. The predicted molar refractivity (Wildman–Crippen MR) is 66.3 cm³/mol. The Morgan fingerprint density at radius 1 is 1.33 bits per heavy atom. The molecule has 0 spiro atoms. The van der Waals surface area contributed by atoms with Gasteiger partial charge in [0.05, 0.1) is 0 Å². The lowest BCUT2D eigenvalue weighted by atomic mass is 10.2. The summed E-state index contributed by atoms with van der Waals surface area (Å²) < 4.78 is 0. The molecular formula is C12H21NOS. The molecule has 1 heterocycles. The third-order valence-corrected chi connectivity index (χ3v) is 3.56. The van der Waals surface area contributed by atoms with E-state index in [1.54, 1.807) is 0 Å². The SMILES string of the molecule is C[C@@H](NCCCCCCO)c1cccs1. The number of hydrogen-bond acceptors (Lipinski definition) is 3. The van der Waals surface area contributed by atoms with Crippen molar-refractivity contribution >= 4 is 11.3 Å². The molecule has 86 valence electrons. The van der Waals surface area contributed by atoms with E-state index in [9.17, 15) is 0 Å². The molecule has 15 heavy (non-hydrogen) atoms. The summed E-state index contributed by atoms with van der Waals surface area (Å²) >= 11 is 1.81. The van der Waals surface area contributed by atoms with Gasteiger partial charge in [-0.1, -0.05) is 18.9 Å². The molecule has 0 fully saturated rings. The molecule has 0 saturated heterocycles. The van der Waals surface area contributed by atoms with Gasteiger partial charge in [0.25, 0.3) is 0 Å². The number of rotatable bonds is 8. The standard InChI is InChI=1S/C12H21NOS/c1-11(12-7-6-10-15-12)13-8-4-2-3-5-9-14/h6-7,10-11,13-14H,2-5,8-9H2,1H3/t11-/m1/s1. The molecule has 2 nitrogen and oxygen atoms in total. The molecule has 0 bridgehead atoms. The minimum atomic E-state index is 0.332. The summed E-state index contributed by atoms with van der Waals surface area (Å²) in [5.74, 6) is 0. The Balaban J connectivity index is 2.00. The van der Waals surface area contributed by atoms with Gasteiger partial charge >= 0.3 is 0 Å². The molecule has 2 N–H and O–H groups in total. The fourth-order valence-corrected chi connectivity index (χ4v) is 2.31. The molecule has 0 amide bonds. The first-order valence-electron chi connectivity index (χ1n) is 5.72. The second kappa shape index (κ2) is 7.85. The van der Waals surface area contributed by atoms with Crippen LogP contribution >= 0.6 is 11.3 Å². The van der Waals surface area contributed by atoms with Gasteiger partial charge in [-0.2, -0.15) is 0 Å². The zero-order chi connectivity index (χ0) is 10.9. The van der Waals surface area contributed by atoms with Crippen LogP contribution in [0.3, 0.4) is 0 Å². The van der Waals surface area contributed by atoms with Gasteiger partial charge in [-0.3, -0.25) is 0 Å². The van der Waals surface area contributed by atoms with E-state index in [4.69, 9.17) is 5.11 Å². The van der Waals surface area contributed by atoms with Crippen molar-refractivity contribution in [1.82, 2.24) is 5.32 Å². The quantitative estimate of drug-likeness (QED) is 0.669. The van der Waals surface area contributed by atoms with Crippen molar-refractivity contribution in [1.29, 1.82) is 0 Å². The van der Waals surface area contributed by atoms with Gasteiger partial charge in [-0.15, -0.1) is 11.3 Å². The maximum absolute atomic E-state index is 8.62. The molecule has 0 aromatic carbocycles. The van der Waals surface area contributed by atoms with Crippen LogP contribution in [-0.2, 0) is 0 Å². The largest absolute Gasteiger partial charge is 0.396 e. The molecule has 0 aliphatic heterocycles. The fourth-order valence-electron chi connectivity index (χ4n) is 1.55. The fraction of sp³-hybridized carbons (Fsp3) is 0.667. The van der Waals surface area contributed by atoms with E-state index < -0.39 is 0 Å². The van der Waals surface area contributed by atoms with Gasteiger partial charge in [0.1, 0.15) is 0 Å². The van der Waals surface area contributed by atoms with Gasteiger partial charge in [0.15, 0.2) is 0 Å². The summed E-state index contributed by atoms with van der Waals surface area (Å²) in [7, 11) is 0. The Labute approximate surface area is 96.3 Å². The zero-order valence-corrected chi connectivity index (χ0v) is 10.2. The van der Waals surface area contributed by atoms with Crippen LogP contribution in [0.5, 0.6) is 0 Å². The monoisotopic (exact) mass is 227 g/mol. The predicted octanol–water partition coefficient (Wildman–Crippen LogP) is 2.95. The number of nitrogens with one attached hydrogen (secondary N) is 1. The van der Waals surface area contributed by atoms with Crippen molar-refractivity contribution in [2.75, 3.05) is 13.2 Å². The zero-order valence-electron chi connectivity index (χ0n) is 9.41. The molecule has 0 radical (unpaired) electrons. The summed E-state index contributed by atoms with van der Waals surface area (Å²) in [4.78, 5) is 1.41. The first-order valence-corrected chi connectivity index (χ1v) is 6.60. The summed E-state index contributed by atoms with van der Waals surface area (Å²) in [5, 5.41) is 14.3. The van der Waals surface area contributed by atoms with Gasteiger partial charge in [-0.05, 0) is 37.8 Å². The highest BCUT2D eigenvalue weighted by Crippen LogP contribution is 2.17. The molecule has 0 aliphatic rings. The highest BCUT2D eigenvalue weighted by Gasteiger charge is 2.03. The van der Waals surface area contributed by atoms with Crippen molar-refractivity contribution < 1.29 is 5.11 Å². The summed E-state index contributed by atoms with van der Waals surface area (Å²) in [6, 6.07) is 4.75. The van der Waals surface area contributed by atoms with Crippen LogP contribution in [0, 0.1) is 0 Å². The lowest BCUT2D eigenvalue weighted by Crippen LogP contribution is -2.18.